The smallest absolute Gasteiger partial charge is 0.250 e. The predicted molar refractivity (Wildman–Crippen MR) is 224 cm³/mol. The fourth-order valence-corrected chi connectivity index (χ4v) is 8.77. The summed E-state index contributed by atoms with van der Waals surface area (Å²) in [5.74, 6) is -2.52. The molecule has 61 heavy (non-hydrogen) atoms. The maximum Gasteiger partial charge on any atom is 0.250 e. The van der Waals surface area contributed by atoms with Crippen molar-refractivity contribution in [2.75, 3.05) is 58.4 Å². The van der Waals surface area contributed by atoms with Crippen LogP contribution in [0.4, 0.5) is 14.5 Å². The number of unbranched alkanes of at least 4 members (excludes halogenated alkanes) is 2. The highest BCUT2D eigenvalue weighted by atomic mass is 19.3. The number of nitrogens with one attached hydrogen (secondary N) is 5. The zero-order valence-electron chi connectivity index (χ0n) is 36.1. The second-order valence-corrected chi connectivity index (χ2v) is 16.9. The second kappa shape index (κ2) is 23.1. The Morgan fingerprint density at radius 2 is 1.36 bits per heavy atom. The van der Waals surface area contributed by atoms with Crippen molar-refractivity contribution in [3.05, 3.63) is 41.5 Å². The lowest BCUT2D eigenvalue weighted by Crippen LogP contribution is -2.45. The van der Waals surface area contributed by atoms with Crippen molar-refractivity contribution in [3.63, 3.8) is 0 Å². The van der Waals surface area contributed by atoms with Gasteiger partial charge in [-0.25, -0.2) is 8.78 Å². The van der Waals surface area contributed by atoms with Crippen molar-refractivity contribution in [1.29, 1.82) is 0 Å². The maximum atomic E-state index is 13.9. The first-order valence-electron chi connectivity index (χ1n) is 21.9. The molecule has 16 nitrogen and oxygen atoms in total. The number of hydrogen-bond acceptors (Lipinski definition) is 10. The highest BCUT2D eigenvalue weighted by Gasteiger charge is 2.43. The molecule has 1 saturated carbocycles. The van der Waals surface area contributed by atoms with Crippen LogP contribution in [0.25, 0.3) is 0 Å². The van der Waals surface area contributed by atoms with E-state index >= 15 is 0 Å². The fourth-order valence-electron chi connectivity index (χ4n) is 8.77. The van der Waals surface area contributed by atoms with Crippen molar-refractivity contribution in [1.82, 2.24) is 40.9 Å². The number of likely N-dealkylation sites (N-methyl/N-ethyl adjacent to an activating group) is 1. The number of nitrogens with zero attached hydrogens (tertiary/aromatic N) is 4. The van der Waals surface area contributed by atoms with Crippen LogP contribution in [0.3, 0.4) is 0 Å². The molecule has 3 fully saturated rings. The number of ether oxygens (including phenoxy) is 2. The van der Waals surface area contributed by atoms with Crippen molar-refractivity contribution in [2.45, 2.75) is 134 Å². The van der Waals surface area contributed by atoms with Gasteiger partial charge in [-0.2, -0.15) is 0 Å². The van der Waals surface area contributed by atoms with Crippen LogP contribution in [0.15, 0.2) is 24.3 Å². The molecule has 4 atom stereocenters. The number of alkyl halides is 2. The van der Waals surface area contributed by atoms with Gasteiger partial charge in [0.05, 0.1) is 6.04 Å². The Balaban J connectivity index is 1.05. The standard InChI is InChI=1S/C43H65F2N9O7/c1-28(2)41-52-51-29(3)54(41)35-22-33-12-13-34(23-35)53(33)21-16-36(50-42(59)31-14-17-43(44,45)18-15-31)30-8-10-32(11-9-30)49-40(58)27-61-26-39(57)48-20-7-5-6-19-47-38(56)25-60-24-37(55)46-4/h8-11,28,31,33-36H,5-7,12-27H2,1-4H3,(H,46,55)(H,47,56)(H,48,57)(H,49,58)(H,50,59)/t33-,34+,35?,36-/m0/s1. The van der Waals surface area contributed by atoms with Crippen molar-refractivity contribution in [3.8, 4) is 0 Å². The fraction of sp³-hybridized carbons (Fsp3) is 0.698. The molecule has 338 valence electrons. The van der Waals surface area contributed by atoms with E-state index in [4.69, 9.17) is 9.47 Å². The molecule has 3 aliphatic rings. The van der Waals surface area contributed by atoms with Crippen LogP contribution in [0.1, 0.15) is 126 Å². The molecule has 5 rings (SSSR count). The van der Waals surface area contributed by atoms with Gasteiger partial charge in [0.25, 0.3) is 0 Å². The summed E-state index contributed by atoms with van der Waals surface area (Å²) in [4.78, 5) is 63.8. The normalized spacial score (nSPS) is 20.5. The summed E-state index contributed by atoms with van der Waals surface area (Å²) in [6.07, 6.45) is 6.80. The Morgan fingerprint density at radius 3 is 1.93 bits per heavy atom. The third-order valence-corrected chi connectivity index (χ3v) is 12.0. The lowest BCUT2D eigenvalue weighted by Gasteiger charge is -2.40. The summed E-state index contributed by atoms with van der Waals surface area (Å²) in [5, 5.41) is 22.7. The van der Waals surface area contributed by atoms with E-state index in [1.54, 1.807) is 12.1 Å². The van der Waals surface area contributed by atoms with E-state index in [0.29, 0.717) is 56.2 Å². The topological polar surface area (TPSA) is 198 Å². The third-order valence-electron chi connectivity index (χ3n) is 12.0. The molecular formula is C43H65F2N9O7. The Kier molecular flexibility index (Phi) is 17.9. The lowest BCUT2D eigenvalue weighted by atomic mass is 9.86. The monoisotopic (exact) mass is 857 g/mol. The van der Waals surface area contributed by atoms with Crippen molar-refractivity contribution >= 4 is 35.2 Å². The molecule has 5 amide bonds. The Hall–Kier alpha value is -4.55. The van der Waals surface area contributed by atoms with Crippen LogP contribution < -0.4 is 26.6 Å². The van der Waals surface area contributed by atoms with E-state index in [9.17, 15) is 32.8 Å². The number of aromatic nitrogens is 3. The molecule has 1 unspecified atom stereocenters. The Morgan fingerprint density at radius 1 is 0.787 bits per heavy atom. The number of rotatable bonds is 23. The summed E-state index contributed by atoms with van der Waals surface area (Å²) < 4.78 is 40.5. The molecule has 2 aromatic rings. The largest absolute Gasteiger partial charge is 0.362 e. The SMILES string of the molecule is CNC(=O)COCC(=O)NCCCCCNC(=O)COCC(=O)Nc1ccc([C@H](CCN2[C@@H]3CC[C@H]2CC(n2c(C)nnc2C(C)C)C3)NC(=O)C2CCC(F)(F)CC2)cc1. The maximum absolute atomic E-state index is 13.9. The quantitative estimate of drug-likeness (QED) is 0.102. The number of fused-ring (bicyclic) bond motifs is 2. The van der Waals surface area contributed by atoms with Gasteiger partial charge in [0.15, 0.2) is 0 Å². The summed E-state index contributed by atoms with van der Waals surface area (Å²) in [5.41, 5.74) is 1.39. The molecule has 1 aromatic heterocycles. The van der Waals surface area contributed by atoms with Crippen LogP contribution >= 0.6 is 0 Å². The highest BCUT2D eigenvalue weighted by Crippen LogP contribution is 2.43. The number of carbonyl (C=O) groups is 5. The van der Waals surface area contributed by atoms with E-state index in [1.807, 2.05) is 19.1 Å². The molecule has 2 aliphatic heterocycles. The zero-order chi connectivity index (χ0) is 43.9. The first-order valence-corrected chi connectivity index (χ1v) is 21.9. The average molecular weight is 858 g/mol. The summed E-state index contributed by atoms with van der Waals surface area (Å²) >= 11 is 0. The number of benzene rings is 1. The van der Waals surface area contributed by atoms with Crippen LogP contribution in [0.2, 0.25) is 0 Å². The number of aryl methyl sites for hydroxylation is 1. The lowest BCUT2D eigenvalue weighted by molar-refractivity contribution is -0.131. The molecule has 18 heteroatoms. The van der Waals surface area contributed by atoms with Crippen LogP contribution in [0, 0.1) is 12.8 Å². The summed E-state index contributed by atoms with van der Waals surface area (Å²) in [6.45, 7) is 6.99. The first-order chi connectivity index (χ1) is 29.2. The van der Waals surface area contributed by atoms with E-state index in [2.05, 4.69) is 60.1 Å². The van der Waals surface area contributed by atoms with Crippen LogP contribution in [-0.4, -0.2) is 120 Å². The molecule has 1 aliphatic carbocycles. The van der Waals surface area contributed by atoms with Gasteiger partial charge in [0.1, 0.15) is 38.1 Å². The number of anilines is 1. The minimum absolute atomic E-state index is 0.155. The Bertz CT molecular complexity index is 1750. The minimum Gasteiger partial charge on any atom is -0.362 e. The Labute approximate surface area is 357 Å². The molecule has 2 saturated heterocycles. The van der Waals surface area contributed by atoms with E-state index in [1.165, 1.54) is 7.05 Å². The number of halogens is 2. The van der Waals surface area contributed by atoms with Gasteiger partial charge >= 0.3 is 0 Å². The van der Waals surface area contributed by atoms with Gasteiger partial charge in [-0.05, 0) is 88.8 Å². The second-order valence-electron chi connectivity index (χ2n) is 16.9. The molecular weight excluding hydrogens is 793 g/mol. The van der Waals surface area contributed by atoms with E-state index in [-0.39, 0.29) is 87.7 Å². The summed E-state index contributed by atoms with van der Waals surface area (Å²) in [7, 11) is 1.49. The number of hydrogen-bond donors (Lipinski definition) is 5. The van der Waals surface area contributed by atoms with Gasteiger partial charge in [0.2, 0.25) is 35.5 Å². The average Bonchev–Trinajstić information content (AvgIpc) is 3.73. The van der Waals surface area contributed by atoms with Crippen LogP contribution in [-0.2, 0) is 33.4 Å². The number of piperidine rings is 1. The molecule has 3 heterocycles. The van der Waals surface area contributed by atoms with Crippen molar-refractivity contribution < 1.29 is 42.2 Å². The molecule has 0 radical (unpaired) electrons. The molecule has 1 aromatic carbocycles. The minimum atomic E-state index is -2.72. The van der Waals surface area contributed by atoms with Gasteiger partial charge in [-0.3, -0.25) is 28.9 Å². The zero-order valence-corrected chi connectivity index (χ0v) is 36.1. The van der Waals surface area contributed by atoms with E-state index < -0.39 is 17.7 Å². The van der Waals surface area contributed by atoms with Crippen molar-refractivity contribution in [2.24, 2.45) is 5.92 Å². The summed E-state index contributed by atoms with van der Waals surface area (Å²) in [6, 6.07) is 8.06. The highest BCUT2D eigenvalue weighted by molar-refractivity contribution is 5.92. The number of amides is 5. The van der Waals surface area contributed by atoms with Gasteiger partial charge in [-0.1, -0.05) is 26.0 Å². The van der Waals surface area contributed by atoms with Gasteiger partial charge < -0.3 is 40.6 Å². The van der Waals surface area contributed by atoms with Gasteiger partial charge in [-0.15, -0.1) is 10.2 Å². The third kappa shape index (κ3) is 14.5. The first kappa shape index (κ1) is 47.5. The molecule has 0 spiro atoms. The molecule has 5 N–H and O–H groups in total. The molecule has 2 bridgehead atoms. The predicted octanol–water partition coefficient (Wildman–Crippen LogP) is 4.07. The van der Waals surface area contributed by atoms with E-state index in [0.717, 1.165) is 55.9 Å². The number of carbonyl (C=O) groups excluding carboxylic acids is 5. The van der Waals surface area contributed by atoms with Gasteiger partial charge in [0, 0.05) is 75.2 Å². The van der Waals surface area contributed by atoms with Crippen LogP contribution in [0.5, 0.6) is 0 Å².